The molecule has 25 heavy (non-hydrogen) atoms. The maximum Gasteiger partial charge on any atom is 0.261 e. The van der Waals surface area contributed by atoms with E-state index in [1.165, 1.54) is 12.1 Å². The quantitative estimate of drug-likeness (QED) is 0.783. The van der Waals surface area contributed by atoms with Crippen molar-refractivity contribution in [1.29, 1.82) is 0 Å². The van der Waals surface area contributed by atoms with Crippen molar-refractivity contribution in [3.63, 3.8) is 0 Å². The minimum atomic E-state index is -0.840. The van der Waals surface area contributed by atoms with Crippen molar-refractivity contribution >= 4 is 11.6 Å². The number of rotatable bonds is 4. The van der Waals surface area contributed by atoms with E-state index in [-0.39, 0.29) is 18.0 Å². The molecule has 0 fully saturated rings. The third-order valence-corrected chi connectivity index (χ3v) is 3.62. The first kappa shape index (κ1) is 16.6. The first-order valence-electron chi connectivity index (χ1n) is 7.51. The van der Waals surface area contributed by atoms with Crippen LogP contribution in [-0.4, -0.2) is 16.0 Å². The second kappa shape index (κ2) is 7.09. The van der Waals surface area contributed by atoms with Crippen molar-refractivity contribution in [1.82, 2.24) is 4.98 Å². The van der Waals surface area contributed by atoms with Crippen LogP contribution in [0.2, 0.25) is 0 Å². The number of benzene rings is 2. The van der Waals surface area contributed by atoms with Crippen molar-refractivity contribution in [2.45, 2.75) is 6.54 Å². The molecule has 0 saturated carbocycles. The summed E-state index contributed by atoms with van der Waals surface area (Å²) in [4.78, 5) is 18.2. The van der Waals surface area contributed by atoms with E-state index in [2.05, 4.69) is 4.98 Å². The Kier molecular flexibility index (Phi) is 4.70. The summed E-state index contributed by atoms with van der Waals surface area (Å²) in [5.74, 6) is -2.49. The molecule has 3 aromatic rings. The van der Waals surface area contributed by atoms with Gasteiger partial charge in [0, 0.05) is 6.20 Å². The SMILES string of the molecule is O=C(c1cc(F)ccc1F)N(Cc1ccccn1)c1ccccc1O. The molecule has 0 spiro atoms. The second-order valence-corrected chi connectivity index (χ2v) is 5.33. The fourth-order valence-electron chi connectivity index (χ4n) is 2.42. The van der Waals surface area contributed by atoms with Gasteiger partial charge in [0.25, 0.3) is 5.91 Å². The fourth-order valence-corrected chi connectivity index (χ4v) is 2.42. The van der Waals surface area contributed by atoms with Gasteiger partial charge in [-0.05, 0) is 42.5 Å². The van der Waals surface area contributed by atoms with Gasteiger partial charge in [-0.1, -0.05) is 18.2 Å². The molecule has 0 unspecified atom stereocenters. The Labute approximate surface area is 143 Å². The van der Waals surface area contributed by atoms with E-state index in [4.69, 9.17) is 0 Å². The molecular formula is C19H14F2N2O2. The van der Waals surface area contributed by atoms with Crippen LogP contribution in [0.3, 0.4) is 0 Å². The molecule has 1 N–H and O–H groups in total. The Hall–Kier alpha value is -3.28. The number of para-hydroxylation sites is 2. The lowest BCUT2D eigenvalue weighted by Crippen LogP contribution is -2.31. The van der Waals surface area contributed by atoms with Gasteiger partial charge >= 0.3 is 0 Å². The zero-order valence-electron chi connectivity index (χ0n) is 13.1. The van der Waals surface area contributed by atoms with Crippen molar-refractivity contribution < 1.29 is 18.7 Å². The smallest absolute Gasteiger partial charge is 0.261 e. The monoisotopic (exact) mass is 340 g/mol. The summed E-state index contributed by atoms with van der Waals surface area (Å²) in [6.45, 7) is -0.00675. The number of pyridine rings is 1. The van der Waals surface area contributed by atoms with Crippen LogP contribution in [0.15, 0.2) is 66.9 Å². The summed E-state index contributed by atoms with van der Waals surface area (Å²) in [7, 11) is 0. The lowest BCUT2D eigenvalue weighted by Gasteiger charge is -2.23. The maximum absolute atomic E-state index is 14.0. The summed E-state index contributed by atoms with van der Waals surface area (Å²) >= 11 is 0. The number of hydrogen-bond donors (Lipinski definition) is 1. The summed E-state index contributed by atoms with van der Waals surface area (Å²) < 4.78 is 27.5. The minimum Gasteiger partial charge on any atom is -0.506 e. The molecule has 0 aliphatic carbocycles. The first-order valence-corrected chi connectivity index (χ1v) is 7.51. The molecule has 0 saturated heterocycles. The lowest BCUT2D eigenvalue weighted by molar-refractivity contribution is 0.0979. The van der Waals surface area contributed by atoms with Crippen LogP contribution in [0.25, 0.3) is 0 Å². The van der Waals surface area contributed by atoms with Crippen LogP contribution in [0, 0.1) is 11.6 Å². The number of anilines is 1. The number of halogens is 2. The molecule has 1 heterocycles. The van der Waals surface area contributed by atoms with E-state index in [1.807, 2.05) is 0 Å². The number of carbonyl (C=O) groups is 1. The van der Waals surface area contributed by atoms with Gasteiger partial charge < -0.3 is 5.11 Å². The third kappa shape index (κ3) is 3.63. The highest BCUT2D eigenvalue weighted by Gasteiger charge is 2.24. The number of hydrogen-bond acceptors (Lipinski definition) is 3. The molecule has 1 aromatic heterocycles. The number of amides is 1. The van der Waals surface area contributed by atoms with Crippen molar-refractivity contribution in [2.75, 3.05) is 4.90 Å². The van der Waals surface area contributed by atoms with E-state index >= 15 is 0 Å². The Balaban J connectivity index is 2.06. The molecule has 0 aliphatic heterocycles. The molecule has 6 heteroatoms. The van der Waals surface area contributed by atoms with E-state index in [0.717, 1.165) is 23.1 Å². The Morgan fingerprint density at radius 1 is 1.04 bits per heavy atom. The molecule has 0 aliphatic rings. The predicted molar refractivity (Wildman–Crippen MR) is 89.2 cm³/mol. The Bertz CT molecular complexity index is 901. The summed E-state index contributed by atoms with van der Waals surface area (Å²) in [5.41, 5.74) is 0.303. The summed E-state index contributed by atoms with van der Waals surface area (Å²) in [6.07, 6.45) is 1.56. The molecule has 2 aromatic carbocycles. The number of phenolic OH excluding ortho intramolecular Hbond substituents is 1. The van der Waals surface area contributed by atoms with Gasteiger partial charge in [0.2, 0.25) is 0 Å². The maximum atomic E-state index is 14.0. The van der Waals surface area contributed by atoms with E-state index in [1.54, 1.807) is 36.5 Å². The molecule has 1 amide bonds. The number of aromatic nitrogens is 1. The van der Waals surface area contributed by atoms with Crippen molar-refractivity contribution in [3.05, 3.63) is 89.8 Å². The average molecular weight is 340 g/mol. The van der Waals surface area contributed by atoms with Crippen molar-refractivity contribution in [2.24, 2.45) is 0 Å². The minimum absolute atomic E-state index is 0.00675. The van der Waals surface area contributed by atoms with Crippen LogP contribution >= 0.6 is 0 Å². The molecule has 126 valence electrons. The largest absolute Gasteiger partial charge is 0.506 e. The van der Waals surface area contributed by atoms with Gasteiger partial charge in [-0.2, -0.15) is 0 Å². The normalized spacial score (nSPS) is 10.5. The van der Waals surface area contributed by atoms with Crippen LogP contribution in [0.5, 0.6) is 5.75 Å². The van der Waals surface area contributed by atoms with Crippen LogP contribution in [0.4, 0.5) is 14.5 Å². The number of aromatic hydroxyl groups is 1. The predicted octanol–water partition coefficient (Wildman–Crippen LogP) is 3.91. The Morgan fingerprint density at radius 2 is 1.80 bits per heavy atom. The molecule has 4 nitrogen and oxygen atoms in total. The fraction of sp³-hybridized carbons (Fsp3) is 0.0526. The molecular weight excluding hydrogens is 326 g/mol. The highest BCUT2D eigenvalue weighted by atomic mass is 19.1. The highest BCUT2D eigenvalue weighted by Crippen LogP contribution is 2.29. The summed E-state index contributed by atoms with van der Waals surface area (Å²) in [6, 6.07) is 14.0. The molecule has 3 rings (SSSR count). The van der Waals surface area contributed by atoms with Crippen molar-refractivity contribution in [3.8, 4) is 5.75 Å². The van der Waals surface area contributed by atoms with Gasteiger partial charge in [-0.15, -0.1) is 0 Å². The van der Waals surface area contributed by atoms with E-state index in [0.29, 0.717) is 5.69 Å². The standard InChI is InChI=1S/C19H14F2N2O2/c20-13-8-9-16(21)15(11-13)19(25)23(12-14-5-3-4-10-22-14)17-6-1-2-7-18(17)24/h1-11,24H,12H2. The van der Waals surface area contributed by atoms with Gasteiger partial charge in [0.1, 0.15) is 17.4 Å². The molecule has 0 radical (unpaired) electrons. The highest BCUT2D eigenvalue weighted by molar-refractivity contribution is 6.06. The van der Waals surface area contributed by atoms with Gasteiger partial charge in [-0.3, -0.25) is 14.7 Å². The second-order valence-electron chi connectivity index (χ2n) is 5.33. The van der Waals surface area contributed by atoms with Gasteiger partial charge in [-0.25, -0.2) is 8.78 Å². The number of phenols is 1. The molecule has 0 bridgehead atoms. The molecule has 0 atom stereocenters. The number of carbonyl (C=O) groups excluding carboxylic acids is 1. The summed E-state index contributed by atoms with van der Waals surface area (Å²) in [5, 5.41) is 10.1. The van der Waals surface area contributed by atoms with Gasteiger partial charge in [0.15, 0.2) is 0 Å². The van der Waals surface area contributed by atoms with Crippen LogP contribution in [-0.2, 0) is 6.54 Å². The van der Waals surface area contributed by atoms with Crippen LogP contribution < -0.4 is 4.90 Å². The zero-order chi connectivity index (χ0) is 17.8. The first-order chi connectivity index (χ1) is 12.1. The van der Waals surface area contributed by atoms with Crippen LogP contribution in [0.1, 0.15) is 16.1 Å². The zero-order valence-corrected chi connectivity index (χ0v) is 13.1. The lowest BCUT2D eigenvalue weighted by atomic mass is 10.1. The number of nitrogens with zero attached hydrogens (tertiary/aromatic N) is 2. The Morgan fingerprint density at radius 3 is 2.52 bits per heavy atom. The van der Waals surface area contributed by atoms with Gasteiger partial charge in [0.05, 0.1) is 23.5 Å². The topological polar surface area (TPSA) is 53.4 Å². The third-order valence-electron chi connectivity index (χ3n) is 3.62. The average Bonchev–Trinajstić information content (AvgIpc) is 2.63. The van der Waals surface area contributed by atoms with E-state index in [9.17, 15) is 18.7 Å². The van der Waals surface area contributed by atoms with E-state index < -0.39 is 23.1 Å².